The van der Waals surface area contributed by atoms with E-state index < -0.39 is 0 Å². The number of carbonyl (C=O) groups excluding carboxylic acids is 2. The minimum absolute atomic E-state index is 0.181. The van der Waals surface area contributed by atoms with Crippen LogP contribution in [0.4, 0.5) is 0 Å². The number of amides is 1. The van der Waals surface area contributed by atoms with Gasteiger partial charge in [-0.1, -0.05) is 57.1 Å². The topological polar surface area (TPSA) is 37.4 Å². The summed E-state index contributed by atoms with van der Waals surface area (Å²) in [6, 6.07) is 0. The highest BCUT2D eigenvalue weighted by atomic mass is 16.2. The number of hydrogen-bond donors (Lipinski definition) is 0. The Kier molecular flexibility index (Phi) is 14.4. The van der Waals surface area contributed by atoms with Gasteiger partial charge < -0.3 is 9.69 Å². The first-order valence-electron chi connectivity index (χ1n) is 11.3. The Hall–Kier alpha value is -1.64. The van der Waals surface area contributed by atoms with Gasteiger partial charge in [-0.3, -0.25) is 4.79 Å². The van der Waals surface area contributed by atoms with Crippen LogP contribution in [-0.4, -0.2) is 29.7 Å². The molecule has 0 aromatic heterocycles. The summed E-state index contributed by atoms with van der Waals surface area (Å²) in [7, 11) is 0. The number of hydrogen-bond acceptors (Lipinski definition) is 2. The van der Waals surface area contributed by atoms with E-state index in [4.69, 9.17) is 0 Å². The smallest absolute Gasteiger partial charge is 0.249 e. The molecule has 0 aliphatic rings. The molecule has 0 saturated heterocycles. The maximum absolute atomic E-state index is 12.8. The van der Waals surface area contributed by atoms with E-state index in [1.54, 1.807) is 6.92 Å². The molecule has 3 heteroatoms. The van der Waals surface area contributed by atoms with Crippen molar-refractivity contribution in [1.29, 1.82) is 0 Å². The normalized spacial score (nSPS) is 13.4. The number of nitrogens with zero attached hydrogens (tertiary/aromatic N) is 1. The van der Waals surface area contributed by atoms with E-state index in [0.717, 1.165) is 50.8 Å². The predicted molar refractivity (Wildman–Crippen MR) is 126 cm³/mol. The first-order chi connectivity index (χ1) is 13.5. The molecule has 0 heterocycles. The van der Waals surface area contributed by atoms with E-state index in [1.807, 2.05) is 11.8 Å². The zero-order valence-corrected chi connectivity index (χ0v) is 20.3. The van der Waals surface area contributed by atoms with Crippen LogP contribution in [0.3, 0.4) is 0 Å². The SMILES string of the molecule is CC(=O)CC/C=C(\C)CC/C=C(\C)CC/C=C(\C)C(=O)N(CC(C)C)CC(C)C. The highest BCUT2D eigenvalue weighted by Gasteiger charge is 2.17. The third kappa shape index (κ3) is 14.9. The van der Waals surface area contributed by atoms with Gasteiger partial charge in [0, 0.05) is 25.1 Å². The monoisotopic (exact) mass is 403 g/mol. The molecule has 0 N–H and O–H groups in total. The maximum atomic E-state index is 12.8. The Morgan fingerprint density at radius 1 is 0.690 bits per heavy atom. The fraction of sp³-hybridized carbons (Fsp3) is 0.692. The second-order valence-corrected chi connectivity index (χ2v) is 9.30. The van der Waals surface area contributed by atoms with Crippen LogP contribution < -0.4 is 0 Å². The second kappa shape index (κ2) is 15.2. The molecule has 0 unspecified atom stereocenters. The average Bonchev–Trinajstić information content (AvgIpc) is 2.59. The summed E-state index contributed by atoms with van der Waals surface area (Å²) in [5.41, 5.74) is 3.59. The van der Waals surface area contributed by atoms with E-state index in [9.17, 15) is 9.59 Å². The van der Waals surface area contributed by atoms with Crippen LogP contribution in [0.5, 0.6) is 0 Å². The highest BCUT2D eigenvalue weighted by molar-refractivity contribution is 5.92. The van der Waals surface area contributed by atoms with Crippen LogP contribution in [0.25, 0.3) is 0 Å². The number of ketones is 1. The lowest BCUT2D eigenvalue weighted by Crippen LogP contribution is -2.37. The van der Waals surface area contributed by atoms with Crippen molar-refractivity contribution in [2.75, 3.05) is 13.1 Å². The Morgan fingerprint density at radius 3 is 1.52 bits per heavy atom. The fourth-order valence-electron chi connectivity index (χ4n) is 3.25. The molecule has 0 aromatic rings. The molecule has 0 bridgehead atoms. The molecule has 1 amide bonds. The van der Waals surface area contributed by atoms with Gasteiger partial charge >= 0.3 is 0 Å². The van der Waals surface area contributed by atoms with Crippen molar-refractivity contribution in [3.8, 4) is 0 Å². The lowest BCUT2D eigenvalue weighted by molar-refractivity contribution is -0.128. The molecule has 0 rings (SSSR count). The summed E-state index contributed by atoms with van der Waals surface area (Å²) < 4.78 is 0. The average molecular weight is 404 g/mol. The van der Waals surface area contributed by atoms with Crippen LogP contribution in [-0.2, 0) is 9.59 Å². The Morgan fingerprint density at radius 2 is 1.10 bits per heavy atom. The van der Waals surface area contributed by atoms with Gasteiger partial charge in [0.2, 0.25) is 5.91 Å². The first kappa shape index (κ1) is 27.4. The van der Waals surface area contributed by atoms with Gasteiger partial charge in [-0.05, 0) is 71.6 Å². The molecule has 0 aromatic carbocycles. The number of carbonyl (C=O) groups is 2. The Labute approximate surface area is 180 Å². The summed E-state index contributed by atoms with van der Waals surface area (Å²) in [5.74, 6) is 1.40. The molecule has 0 spiro atoms. The van der Waals surface area contributed by atoms with Gasteiger partial charge in [0.25, 0.3) is 0 Å². The molecule has 3 nitrogen and oxygen atoms in total. The van der Waals surface area contributed by atoms with Crippen molar-refractivity contribution in [1.82, 2.24) is 4.90 Å². The van der Waals surface area contributed by atoms with E-state index in [2.05, 4.69) is 59.8 Å². The summed E-state index contributed by atoms with van der Waals surface area (Å²) in [6.07, 6.45) is 12.1. The molecule has 0 saturated carbocycles. The van der Waals surface area contributed by atoms with Gasteiger partial charge in [-0.2, -0.15) is 0 Å². The van der Waals surface area contributed by atoms with Crippen LogP contribution in [0.2, 0.25) is 0 Å². The largest absolute Gasteiger partial charge is 0.338 e. The summed E-state index contributed by atoms with van der Waals surface area (Å²) in [4.78, 5) is 25.8. The Balaban J connectivity index is 4.50. The van der Waals surface area contributed by atoms with Crippen molar-refractivity contribution in [2.45, 2.75) is 93.9 Å². The minimum atomic E-state index is 0.181. The number of Topliss-reactive ketones (excluding diaryl/α,β-unsaturated/α-hetero) is 1. The van der Waals surface area contributed by atoms with E-state index in [-0.39, 0.29) is 11.7 Å². The third-order valence-electron chi connectivity index (χ3n) is 4.81. The fourth-order valence-corrected chi connectivity index (χ4v) is 3.25. The zero-order valence-electron chi connectivity index (χ0n) is 20.3. The zero-order chi connectivity index (χ0) is 22.4. The number of rotatable bonds is 14. The molecule has 0 atom stereocenters. The first-order valence-corrected chi connectivity index (χ1v) is 11.3. The lowest BCUT2D eigenvalue weighted by atomic mass is 10.0. The van der Waals surface area contributed by atoms with Crippen molar-refractivity contribution >= 4 is 11.7 Å². The highest BCUT2D eigenvalue weighted by Crippen LogP contribution is 2.14. The van der Waals surface area contributed by atoms with Crippen molar-refractivity contribution in [3.63, 3.8) is 0 Å². The van der Waals surface area contributed by atoms with Crippen molar-refractivity contribution < 1.29 is 9.59 Å². The Bertz CT molecular complexity index is 584. The molecular weight excluding hydrogens is 358 g/mol. The molecule has 166 valence electrons. The summed E-state index contributed by atoms with van der Waals surface area (Å²) in [6.45, 7) is 18.2. The van der Waals surface area contributed by atoms with Crippen LogP contribution in [0, 0.1) is 11.8 Å². The van der Waals surface area contributed by atoms with Gasteiger partial charge in [-0.15, -0.1) is 0 Å². The van der Waals surface area contributed by atoms with Crippen LogP contribution in [0.15, 0.2) is 34.9 Å². The molecule has 0 fully saturated rings. The van der Waals surface area contributed by atoms with E-state index in [0.29, 0.717) is 18.3 Å². The van der Waals surface area contributed by atoms with Crippen molar-refractivity contribution in [3.05, 3.63) is 34.9 Å². The predicted octanol–water partition coefficient (Wildman–Crippen LogP) is 6.90. The standard InChI is InChI=1S/C26H45NO2/c1-20(2)18-27(19-21(3)4)26(29)24(7)16-10-14-22(5)12-9-13-23(6)15-11-17-25(8)28/h12,15-16,20-21H,9-11,13-14,17-19H2,1-8H3/b22-12+,23-15+,24-16+. The summed E-state index contributed by atoms with van der Waals surface area (Å²) in [5, 5.41) is 0. The summed E-state index contributed by atoms with van der Waals surface area (Å²) >= 11 is 0. The minimum Gasteiger partial charge on any atom is -0.338 e. The number of allylic oxidation sites excluding steroid dienone is 5. The second-order valence-electron chi connectivity index (χ2n) is 9.30. The van der Waals surface area contributed by atoms with Gasteiger partial charge in [0.05, 0.1) is 0 Å². The van der Waals surface area contributed by atoms with E-state index in [1.165, 1.54) is 11.1 Å². The van der Waals surface area contributed by atoms with Gasteiger partial charge in [0.1, 0.15) is 5.78 Å². The molecule has 0 aliphatic carbocycles. The molecule has 0 aliphatic heterocycles. The van der Waals surface area contributed by atoms with Crippen LogP contribution >= 0.6 is 0 Å². The van der Waals surface area contributed by atoms with Crippen molar-refractivity contribution in [2.24, 2.45) is 11.8 Å². The van der Waals surface area contributed by atoms with Crippen LogP contribution in [0.1, 0.15) is 93.9 Å². The van der Waals surface area contributed by atoms with E-state index >= 15 is 0 Å². The third-order valence-corrected chi connectivity index (χ3v) is 4.81. The van der Waals surface area contributed by atoms with Gasteiger partial charge in [0.15, 0.2) is 0 Å². The van der Waals surface area contributed by atoms with Gasteiger partial charge in [-0.25, -0.2) is 0 Å². The molecule has 29 heavy (non-hydrogen) atoms. The quantitative estimate of drug-likeness (QED) is 0.234. The lowest BCUT2D eigenvalue weighted by Gasteiger charge is -2.26. The molecule has 0 radical (unpaired) electrons. The molecular formula is C26H45NO2. The maximum Gasteiger partial charge on any atom is 0.249 e.